The van der Waals surface area contributed by atoms with Crippen LogP contribution in [-0.4, -0.2) is 5.11 Å². The molecule has 0 aliphatic heterocycles. The molecular formula is C20H25BrN2S. The van der Waals surface area contributed by atoms with Crippen LogP contribution in [0, 0.1) is 26.7 Å². The third kappa shape index (κ3) is 4.81. The lowest BCUT2D eigenvalue weighted by Gasteiger charge is -2.26. The molecule has 128 valence electrons. The molecule has 0 unspecified atom stereocenters. The molecule has 0 fully saturated rings. The van der Waals surface area contributed by atoms with Crippen LogP contribution in [0.1, 0.15) is 42.1 Å². The molecule has 2 aromatic rings. The largest absolute Gasteiger partial charge is 0.355 e. The number of hydrogen-bond donors (Lipinski definition) is 2. The van der Waals surface area contributed by atoms with E-state index < -0.39 is 0 Å². The molecule has 24 heavy (non-hydrogen) atoms. The predicted octanol–water partition coefficient (Wildman–Crippen LogP) is 6.06. The van der Waals surface area contributed by atoms with Gasteiger partial charge in [-0.15, -0.1) is 0 Å². The number of anilines is 1. The van der Waals surface area contributed by atoms with Gasteiger partial charge in [-0.3, -0.25) is 0 Å². The number of halogens is 1. The van der Waals surface area contributed by atoms with Gasteiger partial charge in [0.15, 0.2) is 5.11 Å². The SMILES string of the molecule is Cc1ccc([C@H](NC(=S)Nc2ccc(Br)c(C)c2)C(C)C)c(C)c1. The van der Waals surface area contributed by atoms with Crippen LogP contribution in [0.25, 0.3) is 0 Å². The standard InChI is InChI=1S/C20H25BrN2S/c1-12(2)19(17-8-6-13(3)10-14(17)4)23-20(24)22-16-7-9-18(21)15(5)11-16/h6-12,19H,1-5H3,(H2,22,23,24)/t19-/m1/s1. The van der Waals surface area contributed by atoms with Gasteiger partial charge in [0.05, 0.1) is 6.04 Å². The van der Waals surface area contributed by atoms with Crippen molar-refractivity contribution in [1.29, 1.82) is 0 Å². The Morgan fingerprint density at radius 1 is 1.00 bits per heavy atom. The van der Waals surface area contributed by atoms with Crippen LogP contribution >= 0.6 is 28.1 Å². The number of nitrogens with one attached hydrogen (secondary N) is 2. The Labute approximate surface area is 159 Å². The van der Waals surface area contributed by atoms with Crippen LogP contribution in [0.3, 0.4) is 0 Å². The number of benzene rings is 2. The molecule has 0 heterocycles. The second kappa shape index (κ2) is 8.13. The normalized spacial score (nSPS) is 12.1. The molecule has 4 heteroatoms. The number of hydrogen-bond acceptors (Lipinski definition) is 1. The lowest BCUT2D eigenvalue weighted by atomic mass is 9.92. The molecule has 2 aromatic carbocycles. The van der Waals surface area contributed by atoms with Gasteiger partial charge < -0.3 is 10.6 Å². The fourth-order valence-electron chi connectivity index (χ4n) is 2.81. The Morgan fingerprint density at radius 3 is 2.29 bits per heavy atom. The van der Waals surface area contributed by atoms with E-state index in [1.54, 1.807) is 0 Å². The predicted molar refractivity (Wildman–Crippen MR) is 112 cm³/mol. The zero-order valence-corrected chi connectivity index (χ0v) is 17.3. The molecule has 2 nitrogen and oxygen atoms in total. The van der Waals surface area contributed by atoms with E-state index >= 15 is 0 Å². The van der Waals surface area contributed by atoms with Crippen molar-refractivity contribution in [3.63, 3.8) is 0 Å². The van der Waals surface area contributed by atoms with Crippen LogP contribution in [0.5, 0.6) is 0 Å². The summed E-state index contributed by atoms with van der Waals surface area (Å²) in [5, 5.41) is 7.43. The van der Waals surface area contributed by atoms with Crippen molar-refractivity contribution in [1.82, 2.24) is 5.32 Å². The maximum Gasteiger partial charge on any atom is 0.171 e. The highest BCUT2D eigenvalue weighted by molar-refractivity contribution is 9.10. The zero-order chi connectivity index (χ0) is 17.9. The second-order valence-corrected chi connectivity index (χ2v) is 7.91. The van der Waals surface area contributed by atoms with E-state index in [4.69, 9.17) is 12.2 Å². The van der Waals surface area contributed by atoms with Crippen LogP contribution in [0.15, 0.2) is 40.9 Å². The van der Waals surface area contributed by atoms with Gasteiger partial charge in [-0.2, -0.15) is 0 Å². The Kier molecular flexibility index (Phi) is 6.41. The molecule has 0 aromatic heterocycles. The summed E-state index contributed by atoms with van der Waals surface area (Å²) >= 11 is 9.07. The number of aryl methyl sites for hydroxylation is 3. The van der Waals surface area contributed by atoms with E-state index in [1.807, 2.05) is 12.1 Å². The molecule has 0 spiro atoms. The smallest absolute Gasteiger partial charge is 0.171 e. The molecule has 0 amide bonds. The molecule has 0 aliphatic rings. The van der Waals surface area contributed by atoms with Crippen molar-refractivity contribution < 1.29 is 0 Å². The van der Waals surface area contributed by atoms with Crippen molar-refractivity contribution in [3.05, 3.63) is 63.1 Å². The van der Waals surface area contributed by atoms with E-state index in [0.29, 0.717) is 11.0 Å². The second-order valence-electron chi connectivity index (χ2n) is 6.64. The minimum absolute atomic E-state index is 0.183. The third-order valence-corrected chi connectivity index (χ3v) is 5.24. The number of rotatable bonds is 4. The van der Waals surface area contributed by atoms with E-state index in [0.717, 1.165) is 10.2 Å². The summed E-state index contributed by atoms with van der Waals surface area (Å²) in [6, 6.07) is 12.9. The fraction of sp³-hybridized carbons (Fsp3) is 0.350. The van der Waals surface area contributed by atoms with E-state index in [2.05, 4.69) is 85.4 Å². The summed E-state index contributed by atoms with van der Waals surface area (Å²) < 4.78 is 1.10. The topological polar surface area (TPSA) is 24.1 Å². The summed E-state index contributed by atoms with van der Waals surface area (Å²) in [5.74, 6) is 0.429. The Bertz CT molecular complexity index is 740. The van der Waals surface area contributed by atoms with Gasteiger partial charge in [0.2, 0.25) is 0 Å². The average molecular weight is 405 g/mol. The maximum absolute atomic E-state index is 5.54. The van der Waals surface area contributed by atoms with Crippen LogP contribution < -0.4 is 10.6 Å². The fourth-order valence-corrected chi connectivity index (χ4v) is 3.30. The minimum atomic E-state index is 0.183. The van der Waals surface area contributed by atoms with Crippen molar-refractivity contribution in [2.45, 2.75) is 40.7 Å². The van der Waals surface area contributed by atoms with Gasteiger partial charge >= 0.3 is 0 Å². The lowest BCUT2D eigenvalue weighted by molar-refractivity contribution is 0.471. The van der Waals surface area contributed by atoms with E-state index in [9.17, 15) is 0 Å². The van der Waals surface area contributed by atoms with Gasteiger partial charge in [0.1, 0.15) is 0 Å². The minimum Gasteiger partial charge on any atom is -0.355 e. The zero-order valence-electron chi connectivity index (χ0n) is 14.9. The molecule has 2 rings (SSSR count). The first-order chi connectivity index (χ1) is 11.3. The van der Waals surface area contributed by atoms with Crippen molar-refractivity contribution in [2.24, 2.45) is 5.92 Å². The summed E-state index contributed by atoms with van der Waals surface area (Å²) in [6.07, 6.45) is 0. The van der Waals surface area contributed by atoms with Crippen LogP contribution in [0.4, 0.5) is 5.69 Å². The summed E-state index contributed by atoms with van der Waals surface area (Å²) in [5.41, 5.74) is 6.05. The summed E-state index contributed by atoms with van der Waals surface area (Å²) in [6.45, 7) is 10.8. The van der Waals surface area contributed by atoms with Gasteiger partial charge in [0, 0.05) is 10.2 Å². The monoisotopic (exact) mass is 404 g/mol. The first-order valence-corrected chi connectivity index (χ1v) is 9.39. The van der Waals surface area contributed by atoms with Crippen molar-refractivity contribution in [2.75, 3.05) is 5.32 Å². The van der Waals surface area contributed by atoms with E-state index in [-0.39, 0.29) is 6.04 Å². The Balaban J connectivity index is 2.15. The highest BCUT2D eigenvalue weighted by atomic mass is 79.9. The highest BCUT2D eigenvalue weighted by Crippen LogP contribution is 2.26. The number of thiocarbonyl (C=S) groups is 1. The molecular weight excluding hydrogens is 380 g/mol. The molecule has 0 saturated carbocycles. The van der Waals surface area contributed by atoms with Crippen molar-refractivity contribution in [3.8, 4) is 0 Å². The first-order valence-electron chi connectivity index (χ1n) is 8.18. The summed E-state index contributed by atoms with van der Waals surface area (Å²) in [7, 11) is 0. The summed E-state index contributed by atoms with van der Waals surface area (Å²) in [4.78, 5) is 0. The van der Waals surface area contributed by atoms with Gasteiger partial charge in [-0.1, -0.05) is 53.5 Å². The van der Waals surface area contributed by atoms with Gasteiger partial charge in [-0.25, -0.2) is 0 Å². The molecule has 0 saturated heterocycles. The Morgan fingerprint density at radius 2 is 1.71 bits per heavy atom. The third-order valence-electron chi connectivity index (χ3n) is 4.13. The van der Waals surface area contributed by atoms with Gasteiger partial charge in [-0.05, 0) is 73.8 Å². The molecule has 1 atom stereocenters. The van der Waals surface area contributed by atoms with Crippen LogP contribution in [-0.2, 0) is 0 Å². The molecule has 0 radical (unpaired) electrons. The Hall–Kier alpha value is -1.39. The van der Waals surface area contributed by atoms with Crippen LogP contribution in [0.2, 0.25) is 0 Å². The highest BCUT2D eigenvalue weighted by Gasteiger charge is 2.18. The lowest BCUT2D eigenvalue weighted by Crippen LogP contribution is -2.35. The van der Waals surface area contributed by atoms with Gasteiger partial charge in [0.25, 0.3) is 0 Å². The average Bonchev–Trinajstić information content (AvgIpc) is 2.49. The maximum atomic E-state index is 5.54. The molecule has 2 N–H and O–H groups in total. The van der Waals surface area contributed by atoms with Crippen molar-refractivity contribution >= 4 is 38.9 Å². The van der Waals surface area contributed by atoms with E-state index in [1.165, 1.54) is 22.3 Å². The first kappa shape index (κ1) is 18.9. The molecule has 0 aliphatic carbocycles. The quantitative estimate of drug-likeness (QED) is 0.605. The molecule has 0 bridgehead atoms.